The maximum absolute atomic E-state index is 13.7. The largest absolute Gasteiger partial charge is 0.354 e. The second-order valence-electron chi connectivity index (χ2n) is 8.81. The molecule has 0 saturated heterocycles. The van der Waals surface area contributed by atoms with Gasteiger partial charge in [-0.15, -0.1) is 0 Å². The normalized spacial score (nSPS) is 12.3. The molecule has 0 bridgehead atoms. The molecular weight excluding hydrogens is 486 g/mol. The SMILES string of the molecule is CCCNC(=O)C(CC)N(Cc1ccccc1Cl)C(=O)CN(c1ccccc1C(C)C)S(C)(=O)=O. The van der Waals surface area contributed by atoms with Gasteiger partial charge in [0, 0.05) is 18.1 Å². The fraction of sp³-hybridized carbons (Fsp3) is 0.462. The van der Waals surface area contributed by atoms with E-state index >= 15 is 0 Å². The third-order valence-electron chi connectivity index (χ3n) is 5.74. The van der Waals surface area contributed by atoms with E-state index in [9.17, 15) is 18.0 Å². The van der Waals surface area contributed by atoms with Crippen molar-refractivity contribution in [1.82, 2.24) is 10.2 Å². The molecule has 0 fully saturated rings. The van der Waals surface area contributed by atoms with Crippen LogP contribution in [0.4, 0.5) is 5.69 Å². The summed E-state index contributed by atoms with van der Waals surface area (Å²) in [6, 6.07) is 13.5. The average molecular weight is 522 g/mol. The Labute approximate surface area is 214 Å². The van der Waals surface area contributed by atoms with Crippen molar-refractivity contribution in [3.05, 3.63) is 64.7 Å². The number of para-hydroxylation sites is 1. The third-order valence-corrected chi connectivity index (χ3v) is 7.24. The number of halogens is 1. The fourth-order valence-electron chi connectivity index (χ4n) is 3.89. The van der Waals surface area contributed by atoms with Crippen LogP contribution in [-0.2, 0) is 26.2 Å². The van der Waals surface area contributed by atoms with Crippen LogP contribution < -0.4 is 9.62 Å². The zero-order chi connectivity index (χ0) is 26.2. The molecule has 2 aromatic rings. The molecule has 2 aromatic carbocycles. The molecule has 1 unspecified atom stereocenters. The number of nitrogens with zero attached hydrogens (tertiary/aromatic N) is 2. The van der Waals surface area contributed by atoms with Crippen molar-refractivity contribution in [2.45, 2.75) is 59.0 Å². The Kier molecular flexibility index (Phi) is 10.6. The molecule has 2 rings (SSSR count). The van der Waals surface area contributed by atoms with E-state index in [1.165, 1.54) is 4.90 Å². The van der Waals surface area contributed by atoms with E-state index in [0.717, 1.165) is 22.5 Å². The number of carbonyl (C=O) groups excluding carboxylic acids is 2. The van der Waals surface area contributed by atoms with Crippen LogP contribution in [0.3, 0.4) is 0 Å². The van der Waals surface area contributed by atoms with Crippen LogP contribution >= 0.6 is 11.6 Å². The van der Waals surface area contributed by atoms with E-state index in [4.69, 9.17) is 11.6 Å². The molecule has 0 aromatic heterocycles. The first-order valence-corrected chi connectivity index (χ1v) is 14.1. The van der Waals surface area contributed by atoms with Crippen molar-refractivity contribution in [3.63, 3.8) is 0 Å². The molecule has 9 heteroatoms. The number of amides is 2. The Bertz CT molecular complexity index is 1120. The number of anilines is 1. The summed E-state index contributed by atoms with van der Waals surface area (Å²) < 4.78 is 26.8. The van der Waals surface area contributed by atoms with E-state index in [-0.39, 0.29) is 18.4 Å². The molecule has 192 valence electrons. The van der Waals surface area contributed by atoms with Gasteiger partial charge in [-0.2, -0.15) is 0 Å². The van der Waals surface area contributed by atoms with Gasteiger partial charge >= 0.3 is 0 Å². The summed E-state index contributed by atoms with van der Waals surface area (Å²) in [6.45, 7) is 7.85. The first kappa shape index (κ1) is 28.7. The van der Waals surface area contributed by atoms with Crippen molar-refractivity contribution in [1.29, 1.82) is 0 Å². The molecule has 0 aliphatic rings. The lowest BCUT2D eigenvalue weighted by atomic mass is 10.0. The van der Waals surface area contributed by atoms with Crippen LogP contribution in [0.15, 0.2) is 48.5 Å². The van der Waals surface area contributed by atoms with Crippen molar-refractivity contribution in [2.24, 2.45) is 0 Å². The molecule has 0 spiro atoms. The lowest BCUT2D eigenvalue weighted by Gasteiger charge is -2.33. The molecule has 35 heavy (non-hydrogen) atoms. The minimum absolute atomic E-state index is 0.0491. The van der Waals surface area contributed by atoms with Crippen LogP contribution in [-0.4, -0.2) is 50.5 Å². The summed E-state index contributed by atoms with van der Waals surface area (Å²) in [6.07, 6.45) is 2.21. The van der Waals surface area contributed by atoms with Gasteiger partial charge in [-0.1, -0.05) is 75.7 Å². The lowest BCUT2D eigenvalue weighted by Crippen LogP contribution is -2.52. The van der Waals surface area contributed by atoms with Gasteiger partial charge in [0.25, 0.3) is 0 Å². The first-order chi connectivity index (χ1) is 16.5. The minimum Gasteiger partial charge on any atom is -0.354 e. The summed E-state index contributed by atoms with van der Waals surface area (Å²) in [5.41, 5.74) is 1.95. The monoisotopic (exact) mass is 521 g/mol. The smallest absolute Gasteiger partial charge is 0.244 e. The Balaban J connectivity index is 2.50. The highest BCUT2D eigenvalue weighted by Crippen LogP contribution is 2.29. The number of hydrogen-bond donors (Lipinski definition) is 1. The summed E-state index contributed by atoms with van der Waals surface area (Å²) in [5.74, 6) is -0.705. The number of sulfonamides is 1. The van der Waals surface area contributed by atoms with Gasteiger partial charge in [0.05, 0.1) is 11.9 Å². The zero-order valence-corrected chi connectivity index (χ0v) is 22.7. The minimum atomic E-state index is -3.79. The highest BCUT2D eigenvalue weighted by Gasteiger charge is 2.32. The van der Waals surface area contributed by atoms with E-state index in [2.05, 4.69) is 5.32 Å². The number of benzene rings is 2. The van der Waals surface area contributed by atoms with Crippen LogP contribution in [0.2, 0.25) is 5.02 Å². The summed E-state index contributed by atoms with van der Waals surface area (Å²) in [4.78, 5) is 28.2. The van der Waals surface area contributed by atoms with Crippen LogP contribution in [0.5, 0.6) is 0 Å². The maximum atomic E-state index is 13.7. The molecule has 0 heterocycles. The van der Waals surface area contributed by atoms with Crippen molar-refractivity contribution in [3.8, 4) is 0 Å². The molecule has 0 aliphatic heterocycles. The molecular formula is C26H36ClN3O4S. The molecule has 0 saturated carbocycles. The Hall–Kier alpha value is -2.58. The molecule has 7 nitrogen and oxygen atoms in total. The highest BCUT2D eigenvalue weighted by atomic mass is 35.5. The summed E-state index contributed by atoms with van der Waals surface area (Å²) in [7, 11) is -3.79. The summed E-state index contributed by atoms with van der Waals surface area (Å²) >= 11 is 6.37. The van der Waals surface area contributed by atoms with E-state index in [1.54, 1.807) is 30.3 Å². The Morgan fingerprint density at radius 1 is 1.03 bits per heavy atom. The third kappa shape index (κ3) is 7.70. The predicted octanol–water partition coefficient (Wildman–Crippen LogP) is 4.56. The van der Waals surface area contributed by atoms with Gasteiger partial charge in [-0.05, 0) is 42.0 Å². The molecule has 2 amide bonds. The standard InChI is InChI=1S/C26H36ClN3O4S/c1-6-16-28-26(32)23(7-2)29(17-20-12-8-10-14-22(20)27)25(31)18-30(35(5,33)34)24-15-11-9-13-21(24)19(3)4/h8-15,19,23H,6-7,16-18H2,1-5H3,(H,28,32). The van der Waals surface area contributed by atoms with Gasteiger partial charge in [0.2, 0.25) is 21.8 Å². The molecule has 1 N–H and O–H groups in total. The Morgan fingerprint density at radius 3 is 2.23 bits per heavy atom. The van der Waals surface area contributed by atoms with Gasteiger partial charge in [0.15, 0.2) is 0 Å². The van der Waals surface area contributed by atoms with E-state index in [1.807, 2.05) is 45.9 Å². The second kappa shape index (κ2) is 12.9. The predicted molar refractivity (Wildman–Crippen MR) is 142 cm³/mol. The Morgan fingerprint density at radius 2 is 1.66 bits per heavy atom. The second-order valence-corrected chi connectivity index (χ2v) is 11.1. The van der Waals surface area contributed by atoms with E-state index < -0.39 is 28.5 Å². The molecule has 1 atom stereocenters. The van der Waals surface area contributed by atoms with Crippen LogP contribution in [0.1, 0.15) is 57.6 Å². The summed E-state index contributed by atoms with van der Waals surface area (Å²) in [5, 5.41) is 3.33. The lowest BCUT2D eigenvalue weighted by molar-refractivity contribution is -0.140. The zero-order valence-electron chi connectivity index (χ0n) is 21.1. The number of hydrogen-bond acceptors (Lipinski definition) is 4. The van der Waals surface area contributed by atoms with Gasteiger partial charge < -0.3 is 10.2 Å². The van der Waals surface area contributed by atoms with E-state index in [0.29, 0.717) is 29.2 Å². The van der Waals surface area contributed by atoms with Gasteiger partial charge in [-0.25, -0.2) is 8.42 Å². The van der Waals surface area contributed by atoms with Crippen molar-refractivity contribution >= 4 is 39.1 Å². The molecule has 0 radical (unpaired) electrons. The quantitative estimate of drug-likeness (QED) is 0.443. The van der Waals surface area contributed by atoms with Crippen molar-refractivity contribution < 1.29 is 18.0 Å². The first-order valence-electron chi connectivity index (χ1n) is 11.9. The van der Waals surface area contributed by atoms with Gasteiger partial charge in [-0.3, -0.25) is 13.9 Å². The fourth-order valence-corrected chi connectivity index (χ4v) is 4.96. The van der Waals surface area contributed by atoms with Gasteiger partial charge in [0.1, 0.15) is 12.6 Å². The number of rotatable bonds is 12. The van der Waals surface area contributed by atoms with Crippen LogP contribution in [0, 0.1) is 0 Å². The van der Waals surface area contributed by atoms with Crippen LogP contribution in [0.25, 0.3) is 0 Å². The molecule has 0 aliphatic carbocycles. The highest BCUT2D eigenvalue weighted by molar-refractivity contribution is 7.92. The maximum Gasteiger partial charge on any atom is 0.244 e. The number of carbonyl (C=O) groups is 2. The topological polar surface area (TPSA) is 86.8 Å². The number of nitrogens with one attached hydrogen (secondary N) is 1. The average Bonchev–Trinajstić information content (AvgIpc) is 2.81. The van der Waals surface area contributed by atoms with Crippen molar-refractivity contribution in [2.75, 3.05) is 23.7 Å².